The lowest BCUT2D eigenvalue weighted by Crippen LogP contribution is -2.38. The largest absolute Gasteiger partial charge is 0.356 e. The highest BCUT2D eigenvalue weighted by molar-refractivity contribution is 5.85. The maximum Gasteiger partial charge on any atom is 0.223 e. The fourth-order valence-electron chi connectivity index (χ4n) is 3.41. The number of nitrogens with two attached hydrogens (primary N) is 1. The first-order valence-electron chi connectivity index (χ1n) is 7.44. The Bertz CT molecular complexity index is 292. The van der Waals surface area contributed by atoms with Crippen molar-refractivity contribution in [1.82, 2.24) is 10.2 Å². The second-order valence-corrected chi connectivity index (χ2v) is 5.83. The molecule has 1 saturated heterocycles. The maximum atomic E-state index is 12.1. The van der Waals surface area contributed by atoms with Crippen LogP contribution in [0.15, 0.2) is 0 Å². The number of carbonyl (C=O) groups excluding carboxylic acids is 1. The topological polar surface area (TPSA) is 58.4 Å². The van der Waals surface area contributed by atoms with Crippen molar-refractivity contribution in [2.24, 2.45) is 23.5 Å². The number of amides is 1. The minimum atomic E-state index is 0. The SMILES string of the molecule is CCN1CCC(CNC(=O)[C@@H]2CCC[C@@H]2CN)C1.Cl.Cl. The van der Waals surface area contributed by atoms with Crippen LogP contribution in [0.2, 0.25) is 0 Å². The number of carbonyl (C=O) groups is 1. The Morgan fingerprint density at radius 1 is 1.30 bits per heavy atom. The summed E-state index contributed by atoms with van der Waals surface area (Å²) in [5.74, 6) is 1.49. The lowest BCUT2D eigenvalue weighted by Gasteiger charge is -2.19. The molecule has 6 heteroatoms. The molecule has 1 heterocycles. The third-order valence-corrected chi connectivity index (χ3v) is 4.68. The first-order valence-corrected chi connectivity index (χ1v) is 7.44. The van der Waals surface area contributed by atoms with Crippen LogP contribution in [0.5, 0.6) is 0 Å². The van der Waals surface area contributed by atoms with Crippen LogP contribution in [0.4, 0.5) is 0 Å². The van der Waals surface area contributed by atoms with E-state index >= 15 is 0 Å². The molecular weight excluding hydrogens is 297 g/mol. The standard InChI is InChI=1S/C14H27N3O.2ClH/c1-2-17-7-6-11(10-17)9-16-14(18)13-5-3-4-12(13)8-15;;/h11-13H,2-10,15H2,1H3,(H,16,18);2*1H/t11?,12-,13-;;/m1../s1. The molecule has 1 saturated carbocycles. The number of likely N-dealkylation sites (tertiary alicyclic amines) is 1. The van der Waals surface area contributed by atoms with Crippen molar-refractivity contribution < 1.29 is 4.79 Å². The summed E-state index contributed by atoms with van der Waals surface area (Å²) in [6, 6.07) is 0. The van der Waals surface area contributed by atoms with Gasteiger partial charge >= 0.3 is 0 Å². The fourth-order valence-corrected chi connectivity index (χ4v) is 3.41. The third kappa shape index (κ3) is 5.06. The summed E-state index contributed by atoms with van der Waals surface area (Å²) in [6.45, 7) is 7.16. The van der Waals surface area contributed by atoms with Gasteiger partial charge in [0.05, 0.1) is 0 Å². The molecule has 2 rings (SSSR count). The fraction of sp³-hybridized carbons (Fsp3) is 0.929. The number of nitrogens with one attached hydrogen (secondary N) is 1. The van der Waals surface area contributed by atoms with Crippen molar-refractivity contribution in [2.75, 3.05) is 32.7 Å². The van der Waals surface area contributed by atoms with E-state index in [0.717, 1.165) is 38.9 Å². The number of hydrogen-bond acceptors (Lipinski definition) is 3. The summed E-state index contributed by atoms with van der Waals surface area (Å²) < 4.78 is 0. The van der Waals surface area contributed by atoms with Gasteiger partial charge in [0.2, 0.25) is 5.91 Å². The molecule has 0 aromatic heterocycles. The predicted molar refractivity (Wildman–Crippen MR) is 87.6 cm³/mol. The smallest absolute Gasteiger partial charge is 0.223 e. The number of halogens is 2. The van der Waals surface area contributed by atoms with Crippen molar-refractivity contribution >= 4 is 30.7 Å². The van der Waals surface area contributed by atoms with E-state index < -0.39 is 0 Å². The van der Waals surface area contributed by atoms with Gasteiger partial charge in [-0.25, -0.2) is 0 Å². The summed E-state index contributed by atoms with van der Waals surface area (Å²) in [4.78, 5) is 14.6. The number of nitrogens with zero attached hydrogens (tertiary/aromatic N) is 1. The Morgan fingerprint density at radius 2 is 2.05 bits per heavy atom. The second-order valence-electron chi connectivity index (χ2n) is 5.83. The second kappa shape index (κ2) is 9.82. The van der Waals surface area contributed by atoms with Gasteiger partial charge in [0, 0.05) is 19.0 Å². The van der Waals surface area contributed by atoms with Crippen LogP contribution in [0.1, 0.15) is 32.6 Å². The van der Waals surface area contributed by atoms with Crippen molar-refractivity contribution in [1.29, 1.82) is 0 Å². The molecule has 1 amide bonds. The van der Waals surface area contributed by atoms with Crippen LogP contribution in [0, 0.1) is 17.8 Å². The highest BCUT2D eigenvalue weighted by atomic mass is 35.5. The summed E-state index contributed by atoms with van der Waals surface area (Å²) >= 11 is 0. The predicted octanol–water partition coefficient (Wildman–Crippen LogP) is 1.66. The van der Waals surface area contributed by atoms with E-state index in [1.165, 1.54) is 13.0 Å². The highest BCUT2D eigenvalue weighted by Crippen LogP contribution is 2.31. The van der Waals surface area contributed by atoms with Crippen molar-refractivity contribution in [3.8, 4) is 0 Å². The molecule has 1 aliphatic carbocycles. The van der Waals surface area contributed by atoms with E-state index in [1.54, 1.807) is 0 Å². The van der Waals surface area contributed by atoms with Crippen LogP contribution in [-0.2, 0) is 4.79 Å². The zero-order chi connectivity index (χ0) is 13.0. The molecule has 120 valence electrons. The number of hydrogen-bond donors (Lipinski definition) is 2. The van der Waals surface area contributed by atoms with Gasteiger partial charge in [-0.2, -0.15) is 0 Å². The van der Waals surface area contributed by atoms with Gasteiger partial charge < -0.3 is 16.0 Å². The average Bonchev–Trinajstić information content (AvgIpc) is 3.04. The monoisotopic (exact) mass is 325 g/mol. The van der Waals surface area contributed by atoms with Crippen LogP contribution in [-0.4, -0.2) is 43.5 Å². The van der Waals surface area contributed by atoms with Crippen molar-refractivity contribution in [3.05, 3.63) is 0 Å². The number of rotatable bonds is 5. The minimum absolute atomic E-state index is 0. The molecule has 20 heavy (non-hydrogen) atoms. The Hall–Kier alpha value is -0.0300. The molecular formula is C14H29Cl2N3O. The molecule has 4 nitrogen and oxygen atoms in total. The van der Waals surface area contributed by atoms with Gasteiger partial charge in [-0.15, -0.1) is 24.8 Å². The van der Waals surface area contributed by atoms with Gasteiger partial charge in [0.25, 0.3) is 0 Å². The van der Waals surface area contributed by atoms with Gasteiger partial charge in [-0.3, -0.25) is 4.79 Å². The molecule has 1 unspecified atom stereocenters. The lowest BCUT2D eigenvalue weighted by molar-refractivity contribution is -0.126. The molecule has 1 aliphatic heterocycles. The van der Waals surface area contributed by atoms with Crippen molar-refractivity contribution in [2.45, 2.75) is 32.6 Å². The van der Waals surface area contributed by atoms with Crippen molar-refractivity contribution in [3.63, 3.8) is 0 Å². The Labute approximate surface area is 135 Å². The zero-order valence-corrected chi connectivity index (χ0v) is 14.0. The van der Waals surface area contributed by atoms with E-state index in [9.17, 15) is 4.79 Å². The third-order valence-electron chi connectivity index (χ3n) is 4.68. The molecule has 2 fully saturated rings. The Morgan fingerprint density at radius 3 is 2.65 bits per heavy atom. The first-order chi connectivity index (χ1) is 8.74. The lowest BCUT2D eigenvalue weighted by atomic mass is 9.95. The van der Waals surface area contributed by atoms with E-state index in [0.29, 0.717) is 18.4 Å². The van der Waals surface area contributed by atoms with Crippen LogP contribution in [0.25, 0.3) is 0 Å². The quantitative estimate of drug-likeness (QED) is 0.808. The zero-order valence-electron chi connectivity index (χ0n) is 12.3. The average molecular weight is 326 g/mol. The van der Waals surface area contributed by atoms with Crippen LogP contribution >= 0.6 is 24.8 Å². The van der Waals surface area contributed by atoms with Crippen LogP contribution in [0.3, 0.4) is 0 Å². The molecule has 0 aromatic carbocycles. The first kappa shape index (κ1) is 20.0. The molecule has 3 N–H and O–H groups in total. The Kier molecular flexibility index (Phi) is 9.81. The van der Waals surface area contributed by atoms with Gasteiger partial charge in [0.15, 0.2) is 0 Å². The van der Waals surface area contributed by atoms with Gasteiger partial charge in [-0.1, -0.05) is 13.3 Å². The molecule has 0 radical (unpaired) electrons. The molecule has 0 aromatic rings. The molecule has 2 aliphatic rings. The van der Waals surface area contributed by atoms with Gasteiger partial charge in [0.1, 0.15) is 0 Å². The summed E-state index contributed by atoms with van der Waals surface area (Å²) in [5, 5.41) is 3.15. The van der Waals surface area contributed by atoms with Crippen LogP contribution < -0.4 is 11.1 Å². The summed E-state index contributed by atoms with van der Waals surface area (Å²) in [6.07, 6.45) is 4.53. The normalized spacial score (nSPS) is 29.6. The highest BCUT2D eigenvalue weighted by Gasteiger charge is 2.32. The molecule has 0 bridgehead atoms. The van der Waals surface area contributed by atoms with E-state index in [4.69, 9.17) is 5.73 Å². The van der Waals surface area contributed by atoms with Gasteiger partial charge in [-0.05, 0) is 50.7 Å². The molecule has 3 atom stereocenters. The minimum Gasteiger partial charge on any atom is -0.356 e. The van der Waals surface area contributed by atoms with E-state index in [2.05, 4.69) is 17.1 Å². The summed E-state index contributed by atoms with van der Waals surface area (Å²) in [7, 11) is 0. The van der Waals surface area contributed by atoms with E-state index in [1.807, 2.05) is 0 Å². The molecule has 0 spiro atoms. The van der Waals surface area contributed by atoms with E-state index in [-0.39, 0.29) is 36.6 Å². The maximum absolute atomic E-state index is 12.1. The summed E-state index contributed by atoms with van der Waals surface area (Å²) in [5.41, 5.74) is 5.73. The Balaban J connectivity index is 0.00000180.